The first kappa shape index (κ1) is 9.54. The lowest BCUT2D eigenvalue weighted by atomic mass is 9.95. The molecule has 2 heterocycles. The summed E-state index contributed by atoms with van der Waals surface area (Å²) >= 11 is 1.14. The molecule has 76 valence electrons. The molecule has 2 rings (SSSR count). The second-order valence-electron chi connectivity index (χ2n) is 3.81. The fourth-order valence-electron chi connectivity index (χ4n) is 1.36. The minimum absolute atomic E-state index is 0.0681. The predicted molar refractivity (Wildman–Crippen MR) is 53.4 cm³/mol. The molecule has 0 unspecified atom stereocenters. The fraction of sp³-hybridized carbons (Fsp3) is 0.625. The Morgan fingerprint density at radius 1 is 1.64 bits per heavy atom. The number of aryl methyl sites for hydroxylation is 1. The van der Waals surface area contributed by atoms with Crippen molar-refractivity contribution in [2.75, 3.05) is 13.1 Å². The summed E-state index contributed by atoms with van der Waals surface area (Å²) in [5.74, 6) is -0.0681. The van der Waals surface area contributed by atoms with Crippen LogP contribution in [0, 0.1) is 6.92 Å². The van der Waals surface area contributed by atoms with E-state index in [0.29, 0.717) is 10.6 Å². The van der Waals surface area contributed by atoms with Crippen LogP contribution in [-0.4, -0.2) is 34.1 Å². The van der Waals surface area contributed by atoms with Crippen molar-refractivity contribution in [3.63, 3.8) is 0 Å². The number of hydrogen-bond donors (Lipinski definition) is 2. The number of aromatic nitrogens is 2. The minimum Gasteiger partial charge on any atom is -0.344 e. The maximum atomic E-state index is 11.7. The van der Waals surface area contributed by atoms with Crippen molar-refractivity contribution < 1.29 is 4.79 Å². The quantitative estimate of drug-likeness (QED) is 0.720. The average Bonchev–Trinajstić information content (AvgIpc) is 2.48. The van der Waals surface area contributed by atoms with Crippen LogP contribution in [0.1, 0.15) is 22.3 Å². The topological polar surface area (TPSA) is 66.9 Å². The Morgan fingerprint density at radius 3 is 2.79 bits per heavy atom. The van der Waals surface area contributed by atoms with Gasteiger partial charge in [0.05, 0.1) is 11.2 Å². The van der Waals surface area contributed by atoms with Crippen molar-refractivity contribution in [2.24, 2.45) is 0 Å². The SMILES string of the molecule is Cc1nnsc1C(=O)NC1(C)CNC1. The molecule has 1 aliphatic heterocycles. The van der Waals surface area contributed by atoms with Crippen LogP contribution in [0.25, 0.3) is 0 Å². The Balaban J connectivity index is 2.06. The van der Waals surface area contributed by atoms with Crippen molar-refractivity contribution in [1.82, 2.24) is 20.2 Å². The normalized spacial score (nSPS) is 18.7. The van der Waals surface area contributed by atoms with Gasteiger partial charge in [0.25, 0.3) is 5.91 Å². The highest BCUT2D eigenvalue weighted by Gasteiger charge is 2.34. The van der Waals surface area contributed by atoms with Crippen LogP contribution in [-0.2, 0) is 0 Å². The van der Waals surface area contributed by atoms with Gasteiger partial charge in [-0.15, -0.1) is 5.10 Å². The average molecular weight is 212 g/mol. The van der Waals surface area contributed by atoms with Gasteiger partial charge >= 0.3 is 0 Å². The largest absolute Gasteiger partial charge is 0.344 e. The van der Waals surface area contributed by atoms with Crippen LogP contribution in [0.3, 0.4) is 0 Å². The van der Waals surface area contributed by atoms with Gasteiger partial charge in [-0.25, -0.2) is 0 Å². The molecule has 1 fully saturated rings. The molecule has 1 aliphatic rings. The minimum atomic E-state index is -0.104. The third-order valence-electron chi connectivity index (χ3n) is 2.30. The van der Waals surface area contributed by atoms with E-state index in [0.717, 1.165) is 24.6 Å². The first-order valence-electron chi connectivity index (χ1n) is 4.43. The molecule has 14 heavy (non-hydrogen) atoms. The van der Waals surface area contributed by atoms with E-state index in [1.807, 2.05) is 6.92 Å². The van der Waals surface area contributed by atoms with Crippen LogP contribution >= 0.6 is 11.5 Å². The highest BCUT2D eigenvalue weighted by molar-refractivity contribution is 7.08. The van der Waals surface area contributed by atoms with Gasteiger partial charge in [-0.05, 0) is 25.4 Å². The van der Waals surface area contributed by atoms with Crippen LogP contribution in [0.5, 0.6) is 0 Å². The lowest BCUT2D eigenvalue weighted by Gasteiger charge is -2.39. The van der Waals surface area contributed by atoms with Crippen molar-refractivity contribution in [2.45, 2.75) is 19.4 Å². The summed E-state index contributed by atoms with van der Waals surface area (Å²) < 4.78 is 3.73. The second kappa shape index (κ2) is 3.29. The molecule has 0 saturated carbocycles. The van der Waals surface area contributed by atoms with E-state index in [-0.39, 0.29) is 11.4 Å². The second-order valence-corrected chi connectivity index (χ2v) is 4.56. The van der Waals surface area contributed by atoms with Crippen LogP contribution in [0.15, 0.2) is 0 Å². The van der Waals surface area contributed by atoms with Gasteiger partial charge in [-0.1, -0.05) is 4.49 Å². The van der Waals surface area contributed by atoms with Gasteiger partial charge in [0.15, 0.2) is 0 Å². The van der Waals surface area contributed by atoms with Crippen LogP contribution in [0.2, 0.25) is 0 Å². The summed E-state index contributed by atoms with van der Waals surface area (Å²) in [6.07, 6.45) is 0. The van der Waals surface area contributed by atoms with Gasteiger partial charge in [0.2, 0.25) is 0 Å². The standard InChI is InChI=1S/C8H12N4OS/c1-5-6(14-12-11-5)7(13)10-8(2)3-9-4-8/h9H,3-4H2,1-2H3,(H,10,13). The van der Waals surface area contributed by atoms with E-state index >= 15 is 0 Å². The Labute approximate surface area is 86.1 Å². The monoisotopic (exact) mass is 212 g/mol. The third kappa shape index (κ3) is 1.62. The molecule has 6 heteroatoms. The molecule has 1 aromatic heterocycles. The molecule has 1 saturated heterocycles. The lowest BCUT2D eigenvalue weighted by Crippen LogP contribution is -2.67. The number of carbonyl (C=O) groups excluding carboxylic acids is 1. The maximum absolute atomic E-state index is 11.7. The number of hydrogen-bond acceptors (Lipinski definition) is 5. The fourth-order valence-corrected chi connectivity index (χ4v) is 1.91. The van der Waals surface area contributed by atoms with Crippen molar-refractivity contribution >= 4 is 17.4 Å². The van der Waals surface area contributed by atoms with Gasteiger partial charge in [0.1, 0.15) is 4.88 Å². The molecule has 2 N–H and O–H groups in total. The van der Waals surface area contributed by atoms with Crippen molar-refractivity contribution in [3.05, 3.63) is 10.6 Å². The first-order chi connectivity index (χ1) is 6.61. The number of carbonyl (C=O) groups is 1. The number of rotatable bonds is 2. The van der Waals surface area contributed by atoms with E-state index in [2.05, 4.69) is 20.2 Å². The number of amides is 1. The lowest BCUT2D eigenvalue weighted by molar-refractivity contribution is 0.0875. The van der Waals surface area contributed by atoms with Gasteiger partial charge in [0, 0.05) is 13.1 Å². The zero-order valence-corrected chi connectivity index (χ0v) is 8.94. The highest BCUT2D eigenvalue weighted by Crippen LogP contribution is 2.14. The van der Waals surface area contributed by atoms with E-state index < -0.39 is 0 Å². The molecule has 5 nitrogen and oxygen atoms in total. The van der Waals surface area contributed by atoms with E-state index in [1.165, 1.54) is 0 Å². The Bertz CT molecular complexity index is 358. The summed E-state index contributed by atoms with van der Waals surface area (Å²) in [5.41, 5.74) is 0.594. The molecule has 0 atom stereocenters. The predicted octanol–water partition coefficient (Wildman–Crippen LogP) is -0.0618. The van der Waals surface area contributed by atoms with Crippen molar-refractivity contribution in [3.8, 4) is 0 Å². The van der Waals surface area contributed by atoms with Gasteiger partial charge in [-0.2, -0.15) is 0 Å². The smallest absolute Gasteiger partial charge is 0.265 e. The maximum Gasteiger partial charge on any atom is 0.265 e. The summed E-state index contributed by atoms with van der Waals surface area (Å²) in [6, 6.07) is 0. The summed E-state index contributed by atoms with van der Waals surface area (Å²) in [4.78, 5) is 12.3. The Kier molecular flexibility index (Phi) is 2.24. The summed E-state index contributed by atoms with van der Waals surface area (Å²) in [7, 11) is 0. The molecule has 1 aromatic rings. The third-order valence-corrected chi connectivity index (χ3v) is 3.13. The van der Waals surface area contributed by atoms with Crippen LogP contribution < -0.4 is 10.6 Å². The summed E-state index contributed by atoms with van der Waals surface area (Å²) in [5, 5.41) is 9.89. The number of nitrogens with zero attached hydrogens (tertiary/aromatic N) is 2. The molecule has 0 aliphatic carbocycles. The molecule has 1 amide bonds. The van der Waals surface area contributed by atoms with E-state index in [9.17, 15) is 4.79 Å². The Morgan fingerprint density at radius 2 is 2.36 bits per heavy atom. The molecular formula is C8H12N4OS. The summed E-state index contributed by atoms with van der Waals surface area (Å²) in [6.45, 7) is 5.46. The molecule has 0 spiro atoms. The van der Waals surface area contributed by atoms with Gasteiger partial charge in [-0.3, -0.25) is 4.79 Å². The Hall–Kier alpha value is -1.01. The van der Waals surface area contributed by atoms with Crippen LogP contribution in [0.4, 0.5) is 0 Å². The highest BCUT2D eigenvalue weighted by atomic mass is 32.1. The van der Waals surface area contributed by atoms with Gasteiger partial charge < -0.3 is 10.6 Å². The van der Waals surface area contributed by atoms with Crippen molar-refractivity contribution in [1.29, 1.82) is 0 Å². The number of nitrogens with one attached hydrogen (secondary N) is 2. The molecular weight excluding hydrogens is 200 g/mol. The molecule has 0 bridgehead atoms. The molecule has 0 radical (unpaired) electrons. The van der Waals surface area contributed by atoms with E-state index in [1.54, 1.807) is 6.92 Å². The zero-order chi connectivity index (χ0) is 10.2. The van der Waals surface area contributed by atoms with E-state index in [4.69, 9.17) is 0 Å². The molecule has 0 aromatic carbocycles. The zero-order valence-electron chi connectivity index (χ0n) is 8.13. The first-order valence-corrected chi connectivity index (χ1v) is 5.20.